The summed E-state index contributed by atoms with van der Waals surface area (Å²) in [7, 11) is 0. The standard InChI is InChI=1S/C21H32N2O3/c1-7-10-26-21(6,12-15(2)3)20(24)23-19-9-8-18(11-17(19)13-22)25-14-16(4)5/h8-9,11,15-16H,7,10,12,14H2,1-6H3,(H,23,24). The van der Waals surface area contributed by atoms with Crippen LogP contribution in [0.3, 0.4) is 0 Å². The summed E-state index contributed by atoms with van der Waals surface area (Å²) < 4.78 is 11.5. The molecule has 26 heavy (non-hydrogen) atoms. The predicted octanol–water partition coefficient (Wildman–Crippen LogP) is 4.76. The molecule has 5 heteroatoms. The summed E-state index contributed by atoms with van der Waals surface area (Å²) in [5.74, 6) is 1.10. The van der Waals surface area contributed by atoms with Gasteiger partial charge in [-0.3, -0.25) is 4.79 Å². The van der Waals surface area contributed by atoms with Gasteiger partial charge in [-0.15, -0.1) is 0 Å². The van der Waals surface area contributed by atoms with Crippen molar-refractivity contribution in [1.82, 2.24) is 0 Å². The number of carbonyl (C=O) groups is 1. The molecule has 0 bridgehead atoms. The molecule has 0 radical (unpaired) electrons. The van der Waals surface area contributed by atoms with Gasteiger partial charge in [0.25, 0.3) is 5.91 Å². The zero-order chi connectivity index (χ0) is 19.7. The van der Waals surface area contributed by atoms with Gasteiger partial charge in [0.2, 0.25) is 0 Å². The van der Waals surface area contributed by atoms with Crippen LogP contribution in [0.1, 0.15) is 59.9 Å². The van der Waals surface area contributed by atoms with Crippen LogP contribution in [0.4, 0.5) is 5.69 Å². The number of benzene rings is 1. The van der Waals surface area contributed by atoms with E-state index in [2.05, 4.69) is 39.1 Å². The van der Waals surface area contributed by atoms with E-state index in [1.807, 2.05) is 13.8 Å². The second kappa shape index (κ2) is 10.2. The van der Waals surface area contributed by atoms with E-state index in [9.17, 15) is 10.1 Å². The average Bonchev–Trinajstić information content (AvgIpc) is 2.58. The van der Waals surface area contributed by atoms with Crippen LogP contribution in [0.25, 0.3) is 0 Å². The molecule has 1 N–H and O–H groups in total. The maximum absolute atomic E-state index is 12.9. The molecule has 144 valence electrons. The van der Waals surface area contributed by atoms with Crippen LogP contribution in [0.2, 0.25) is 0 Å². The highest BCUT2D eigenvalue weighted by molar-refractivity contribution is 5.98. The molecular formula is C21H32N2O3. The van der Waals surface area contributed by atoms with Crippen molar-refractivity contribution in [2.24, 2.45) is 11.8 Å². The highest BCUT2D eigenvalue weighted by atomic mass is 16.5. The van der Waals surface area contributed by atoms with E-state index in [1.165, 1.54) is 0 Å². The van der Waals surface area contributed by atoms with E-state index < -0.39 is 5.60 Å². The van der Waals surface area contributed by atoms with Gasteiger partial charge >= 0.3 is 0 Å². The molecule has 0 saturated heterocycles. The maximum atomic E-state index is 12.9. The second-order valence-corrected chi connectivity index (χ2v) is 7.66. The van der Waals surface area contributed by atoms with E-state index in [0.717, 1.165) is 6.42 Å². The van der Waals surface area contributed by atoms with Crippen molar-refractivity contribution >= 4 is 11.6 Å². The molecule has 0 spiro atoms. The number of hydrogen-bond donors (Lipinski definition) is 1. The molecule has 1 atom stereocenters. The Hall–Kier alpha value is -2.06. The van der Waals surface area contributed by atoms with Crippen LogP contribution >= 0.6 is 0 Å². The first-order chi connectivity index (χ1) is 12.2. The zero-order valence-corrected chi connectivity index (χ0v) is 16.9. The fourth-order valence-corrected chi connectivity index (χ4v) is 2.66. The minimum Gasteiger partial charge on any atom is -0.493 e. The lowest BCUT2D eigenvalue weighted by atomic mass is 9.92. The molecular weight excluding hydrogens is 328 g/mol. The van der Waals surface area contributed by atoms with Crippen LogP contribution in [-0.4, -0.2) is 24.7 Å². The van der Waals surface area contributed by atoms with Crippen molar-refractivity contribution in [2.75, 3.05) is 18.5 Å². The van der Waals surface area contributed by atoms with Gasteiger partial charge < -0.3 is 14.8 Å². The first kappa shape index (κ1) is 22.0. The van der Waals surface area contributed by atoms with Crippen molar-refractivity contribution in [2.45, 2.75) is 60.0 Å². The Morgan fingerprint density at radius 3 is 2.50 bits per heavy atom. The van der Waals surface area contributed by atoms with Gasteiger partial charge in [-0.2, -0.15) is 5.26 Å². The molecule has 1 rings (SSSR count). The van der Waals surface area contributed by atoms with Gasteiger partial charge in [0, 0.05) is 6.61 Å². The highest BCUT2D eigenvalue weighted by Crippen LogP contribution is 2.27. The lowest BCUT2D eigenvalue weighted by Gasteiger charge is -2.30. The SMILES string of the molecule is CCCOC(C)(CC(C)C)C(=O)Nc1ccc(OCC(C)C)cc1C#N. The van der Waals surface area contributed by atoms with Crippen molar-refractivity contribution in [1.29, 1.82) is 5.26 Å². The molecule has 0 fully saturated rings. The van der Waals surface area contributed by atoms with Crippen LogP contribution in [0.5, 0.6) is 5.75 Å². The molecule has 1 amide bonds. The Morgan fingerprint density at radius 2 is 1.96 bits per heavy atom. The highest BCUT2D eigenvalue weighted by Gasteiger charge is 2.35. The first-order valence-corrected chi connectivity index (χ1v) is 9.34. The Bertz CT molecular complexity index is 635. The molecule has 0 heterocycles. The number of ether oxygens (including phenoxy) is 2. The normalized spacial score (nSPS) is 13.3. The number of hydrogen-bond acceptors (Lipinski definition) is 4. The van der Waals surface area contributed by atoms with Crippen LogP contribution < -0.4 is 10.1 Å². The summed E-state index contributed by atoms with van der Waals surface area (Å²) in [6.45, 7) is 13.2. The molecule has 0 aliphatic rings. The summed E-state index contributed by atoms with van der Waals surface area (Å²) in [6, 6.07) is 7.27. The lowest BCUT2D eigenvalue weighted by Crippen LogP contribution is -2.44. The molecule has 1 aromatic carbocycles. The molecule has 0 saturated carbocycles. The third-order valence-corrected chi connectivity index (χ3v) is 3.85. The number of rotatable bonds is 10. The molecule has 0 aromatic heterocycles. The third kappa shape index (κ3) is 6.68. The minimum atomic E-state index is -0.927. The summed E-state index contributed by atoms with van der Waals surface area (Å²) in [6.07, 6.45) is 1.45. The number of nitrogens with zero attached hydrogens (tertiary/aromatic N) is 1. The van der Waals surface area contributed by atoms with E-state index in [0.29, 0.717) is 48.5 Å². The molecule has 1 unspecified atom stereocenters. The topological polar surface area (TPSA) is 71.3 Å². The fourth-order valence-electron chi connectivity index (χ4n) is 2.66. The van der Waals surface area contributed by atoms with Gasteiger partial charge in [-0.05, 0) is 49.8 Å². The van der Waals surface area contributed by atoms with Gasteiger partial charge in [0.1, 0.15) is 17.4 Å². The van der Waals surface area contributed by atoms with E-state index in [1.54, 1.807) is 18.2 Å². The quantitative estimate of drug-likeness (QED) is 0.653. The summed E-state index contributed by atoms with van der Waals surface area (Å²) in [5.41, 5.74) is -0.0737. The third-order valence-electron chi connectivity index (χ3n) is 3.85. The van der Waals surface area contributed by atoms with Gasteiger partial charge in [-0.1, -0.05) is 34.6 Å². The largest absolute Gasteiger partial charge is 0.493 e. The Labute approximate surface area is 157 Å². The Morgan fingerprint density at radius 1 is 1.27 bits per heavy atom. The second-order valence-electron chi connectivity index (χ2n) is 7.66. The molecule has 1 aromatic rings. The first-order valence-electron chi connectivity index (χ1n) is 9.34. The molecule has 5 nitrogen and oxygen atoms in total. The van der Waals surface area contributed by atoms with Gasteiger partial charge in [0.15, 0.2) is 0 Å². The molecule has 0 aliphatic heterocycles. The van der Waals surface area contributed by atoms with E-state index in [-0.39, 0.29) is 5.91 Å². The maximum Gasteiger partial charge on any atom is 0.256 e. The summed E-state index contributed by atoms with van der Waals surface area (Å²) >= 11 is 0. The van der Waals surface area contributed by atoms with E-state index in [4.69, 9.17) is 9.47 Å². The number of nitrogens with one attached hydrogen (secondary N) is 1. The Kier molecular flexibility index (Phi) is 8.60. The number of nitriles is 1. The monoisotopic (exact) mass is 360 g/mol. The summed E-state index contributed by atoms with van der Waals surface area (Å²) in [5, 5.41) is 12.3. The van der Waals surface area contributed by atoms with Crippen molar-refractivity contribution in [3.63, 3.8) is 0 Å². The van der Waals surface area contributed by atoms with Gasteiger partial charge in [-0.25, -0.2) is 0 Å². The summed E-state index contributed by atoms with van der Waals surface area (Å²) in [4.78, 5) is 12.9. The fraction of sp³-hybridized carbons (Fsp3) is 0.619. The van der Waals surface area contributed by atoms with Gasteiger partial charge in [0.05, 0.1) is 17.9 Å². The van der Waals surface area contributed by atoms with E-state index >= 15 is 0 Å². The van der Waals surface area contributed by atoms with Crippen molar-refractivity contribution in [3.8, 4) is 11.8 Å². The predicted molar refractivity (Wildman–Crippen MR) is 104 cm³/mol. The lowest BCUT2D eigenvalue weighted by molar-refractivity contribution is -0.141. The Balaban J connectivity index is 2.96. The minimum absolute atomic E-state index is 0.230. The smallest absolute Gasteiger partial charge is 0.256 e. The number of anilines is 1. The average molecular weight is 360 g/mol. The number of amides is 1. The molecule has 0 aliphatic carbocycles. The van der Waals surface area contributed by atoms with Crippen molar-refractivity contribution in [3.05, 3.63) is 23.8 Å². The van der Waals surface area contributed by atoms with Crippen LogP contribution in [0.15, 0.2) is 18.2 Å². The number of carbonyl (C=O) groups excluding carboxylic acids is 1. The van der Waals surface area contributed by atoms with Crippen LogP contribution in [-0.2, 0) is 9.53 Å². The van der Waals surface area contributed by atoms with Crippen molar-refractivity contribution < 1.29 is 14.3 Å². The zero-order valence-electron chi connectivity index (χ0n) is 16.9. The van der Waals surface area contributed by atoms with Crippen LogP contribution in [0, 0.1) is 23.2 Å².